The molecule has 19 heavy (non-hydrogen) atoms. The minimum Gasteiger partial charge on any atom is -0.326 e. The third-order valence-corrected chi connectivity index (χ3v) is 4.69. The Hall–Kier alpha value is -1.16. The van der Waals surface area contributed by atoms with E-state index in [-0.39, 0.29) is 28.4 Å². The molecular weight excluding hydrogens is 306 g/mol. The van der Waals surface area contributed by atoms with Gasteiger partial charge in [0.05, 0.1) is 4.83 Å². The SMILES string of the molecule is CC(C)C(Br)C(=O)c1ccc(NC(=O)C2CC2)cc1. The van der Waals surface area contributed by atoms with Gasteiger partial charge in [-0.2, -0.15) is 0 Å². The topological polar surface area (TPSA) is 46.2 Å². The summed E-state index contributed by atoms with van der Waals surface area (Å²) in [7, 11) is 0. The second-order valence-corrected chi connectivity index (χ2v) is 6.34. The normalized spacial score (nSPS) is 16.2. The predicted octanol–water partition coefficient (Wildman–Crippen LogP) is 3.64. The molecule has 102 valence electrons. The molecule has 0 aromatic heterocycles. The lowest BCUT2D eigenvalue weighted by Gasteiger charge is -2.12. The third kappa shape index (κ3) is 3.66. The fraction of sp³-hybridized carbons (Fsp3) is 0.467. The maximum Gasteiger partial charge on any atom is 0.227 e. The molecule has 1 aliphatic rings. The van der Waals surface area contributed by atoms with Crippen LogP contribution in [0.25, 0.3) is 0 Å². The molecule has 1 amide bonds. The molecule has 0 heterocycles. The second kappa shape index (κ2) is 5.87. The molecule has 3 nitrogen and oxygen atoms in total. The van der Waals surface area contributed by atoms with Gasteiger partial charge >= 0.3 is 0 Å². The van der Waals surface area contributed by atoms with Gasteiger partial charge in [0.15, 0.2) is 5.78 Å². The van der Waals surface area contributed by atoms with Crippen molar-refractivity contribution in [3.63, 3.8) is 0 Å². The van der Waals surface area contributed by atoms with Gasteiger partial charge in [0, 0.05) is 17.2 Å². The second-order valence-electron chi connectivity index (χ2n) is 5.35. The number of anilines is 1. The summed E-state index contributed by atoms with van der Waals surface area (Å²) in [4.78, 5) is 23.5. The van der Waals surface area contributed by atoms with Crippen molar-refractivity contribution in [2.75, 3.05) is 5.32 Å². The Morgan fingerprint density at radius 1 is 1.21 bits per heavy atom. The molecule has 0 spiro atoms. The molecular formula is C15H18BrNO2. The van der Waals surface area contributed by atoms with E-state index in [1.165, 1.54) is 0 Å². The van der Waals surface area contributed by atoms with Crippen molar-refractivity contribution in [2.24, 2.45) is 11.8 Å². The molecule has 2 rings (SSSR count). The summed E-state index contributed by atoms with van der Waals surface area (Å²) in [5.41, 5.74) is 1.42. The van der Waals surface area contributed by atoms with Gasteiger partial charge in [0.2, 0.25) is 5.91 Å². The Bertz CT molecular complexity index is 477. The number of carbonyl (C=O) groups excluding carboxylic acids is 2. The average molecular weight is 324 g/mol. The molecule has 1 aromatic carbocycles. The van der Waals surface area contributed by atoms with Gasteiger partial charge in [-0.05, 0) is 43.0 Å². The number of halogens is 1. The molecule has 1 aliphatic carbocycles. The summed E-state index contributed by atoms with van der Waals surface area (Å²) in [6, 6.07) is 7.10. The van der Waals surface area contributed by atoms with E-state index in [1.807, 2.05) is 13.8 Å². The van der Waals surface area contributed by atoms with Gasteiger partial charge in [0.1, 0.15) is 0 Å². The highest BCUT2D eigenvalue weighted by Gasteiger charge is 2.29. The maximum atomic E-state index is 12.1. The van der Waals surface area contributed by atoms with Gasteiger partial charge in [0.25, 0.3) is 0 Å². The van der Waals surface area contributed by atoms with Crippen molar-refractivity contribution >= 4 is 33.3 Å². The highest BCUT2D eigenvalue weighted by molar-refractivity contribution is 9.10. The lowest BCUT2D eigenvalue weighted by molar-refractivity contribution is -0.117. The Labute approximate surface area is 121 Å². The Balaban J connectivity index is 2.01. The van der Waals surface area contributed by atoms with Crippen LogP contribution < -0.4 is 5.32 Å². The summed E-state index contributed by atoms with van der Waals surface area (Å²) in [6.07, 6.45) is 1.98. The summed E-state index contributed by atoms with van der Waals surface area (Å²) in [5.74, 6) is 0.602. The van der Waals surface area contributed by atoms with Crippen LogP contribution in [0.1, 0.15) is 37.0 Å². The van der Waals surface area contributed by atoms with E-state index in [0.717, 1.165) is 18.5 Å². The standard InChI is InChI=1S/C15H18BrNO2/c1-9(2)13(16)14(18)10-5-7-12(8-6-10)17-15(19)11-3-4-11/h5-9,11,13H,3-4H2,1-2H3,(H,17,19). The van der Waals surface area contributed by atoms with Crippen LogP contribution in [0.2, 0.25) is 0 Å². The molecule has 1 aromatic rings. The first kappa shape index (κ1) is 14.3. The fourth-order valence-electron chi connectivity index (χ4n) is 1.77. The van der Waals surface area contributed by atoms with Crippen LogP contribution in [0.15, 0.2) is 24.3 Å². The zero-order chi connectivity index (χ0) is 14.0. The van der Waals surface area contributed by atoms with Crippen LogP contribution in [0.3, 0.4) is 0 Å². The van der Waals surface area contributed by atoms with Crippen molar-refractivity contribution < 1.29 is 9.59 Å². The van der Waals surface area contributed by atoms with Crippen LogP contribution in [0.4, 0.5) is 5.69 Å². The predicted molar refractivity (Wildman–Crippen MR) is 79.7 cm³/mol. The Morgan fingerprint density at radius 2 is 1.79 bits per heavy atom. The Morgan fingerprint density at radius 3 is 2.26 bits per heavy atom. The first-order chi connectivity index (χ1) is 8.99. The molecule has 0 bridgehead atoms. The van der Waals surface area contributed by atoms with E-state index in [2.05, 4.69) is 21.2 Å². The number of nitrogens with one attached hydrogen (secondary N) is 1. The van der Waals surface area contributed by atoms with E-state index in [4.69, 9.17) is 0 Å². The van der Waals surface area contributed by atoms with Crippen molar-refractivity contribution in [2.45, 2.75) is 31.5 Å². The lowest BCUT2D eigenvalue weighted by Crippen LogP contribution is -2.20. The summed E-state index contributed by atoms with van der Waals surface area (Å²) < 4.78 is 0. The number of ketones is 1. The van der Waals surface area contributed by atoms with E-state index in [0.29, 0.717) is 5.56 Å². The lowest BCUT2D eigenvalue weighted by atomic mass is 10.0. The molecule has 1 atom stereocenters. The van der Waals surface area contributed by atoms with Crippen molar-refractivity contribution in [1.82, 2.24) is 0 Å². The summed E-state index contributed by atoms with van der Waals surface area (Å²) >= 11 is 3.41. The van der Waals surface area contributed by atoms with Crippen LogP contribution in [-0.4, -0.2) is 16.5 Å². The third-order valence-electron chi connectivity index (χ3n) is 3.22. The van der Waals surface area contributed by atoms with Crippen LogP contribution >= 0.6 is 15.9 Å². The zero-order valence-corrected chi connectivity index (χ0v) is 12.7. The van der Waals surface area contributed by atoms with Gasteiger partial charge in [-0.15, -0.1) is 0 Å². The van der Waals surface area contributed by atoms with Gasteiger partial charge in [-0.3, -0.25) is 9.59 Å². The first-order valence-electron chi connectivity index (χ1n) is 6.58. The first-order valence-corrected chi connectivity index (χ1v) is 7.50. The minimum absolute atomic E-state index is 0.0788. The van der Waals surface area contributed by atoms with Crippen LogP contribution in [0, 0.1) is 11.8 Å². The van der Waals surface area contributed by atoms with Crippen molar-refractivity contribution in [3.05, 3.63) is 29.8 Å². The van der Waals surface area contributed by atoms with Gasteiger partial charge in [-0.1, -0.05) is 29.8 Å². The van der Waals surface area contributed by atoms with Gasteiger partial charge < -0.3 is 5.32 Å². The van der Waals surface area contributed by atoms with Gasteiger partial charge in [-0.25, -0.2) is 0 Å². The number of alkyl halides is 1. The molecule has 4 heteroatoms. The maximum absolute atomic E-state index is 12.1. The number of Topliss-reactive ketones (excluding diaryl/α,β-unsaturated/α-hetero) is 1. The summed E-state index contributed by atoms with van der Waals surface area (Å²) in [6.45, 7) is 4.00. The van der Waals surface area contributed by atoms with Crippen molar-refractivity contribution in [3.8, 4) is 0 Å². The number of hydrogen-bond acceptors (Lipinski definition) is 2. The molecule has 1 N–H and O–H groups in total. The number of carbonyl (C=O) groups is 2. The smallest absolute Gasteiger partial charge is 0.227 e. The molecule has 0 radical (unpaired) electrons. The average Bonchev–Trinajstić information content (AvgIpc) is 3.22. The molecule has 0 aliphatic heterocycles. The zero-order valence-electron chi connectivity index (χ0n) is 11.2. The fourth-order valence-corrected chi connectivity index (χ4v) is 2.03. The molecule has 0 saturated heterocycles. The monoisotopic (exact) mass is 323 g/mol. The number of hydrogen-bond donors (Lipinski definition) is 1. The van der Waals surface area contributed by atoms with Crippen LogP contribution in [0.5, 0.6) is 0 Å². The largest absolute Gasteiger partial charge is 0.326 e. The van der Waals surface area contributed by atoms with E-state index < -0.39 is 0 Å². The quantitative estimate of drug-likeness (QED) is 0.664. The number of rotatable bonds is 5. The van der Waals surface area contributed by atoms with Crippen LogP contribution in [-0.2, 0) is 4.79 Å². The molecule has 1 fully saturated rings. The highest BCUT2D eigenvalue weighted by atomic mass is 79.9. The number of amides is 1. The summed E-state index contributed by atoms with van der Waals surface area (Å²) in [5, 5.41) is 2.86. The Kier molecular flexibility index (Phi) is 4.40. The molecule has 1 unspecified atom stereocenters. The van der Waals surface area contributed by atoms with Crippen molar-refractivity contribution in [1.29, 1.82) is 0 Å². The molecule has 1 saturated carbocycles. The number of benzene rings is 1. The van der Waals surface area contributed by atoms with E-state index in [9.17, 15) is 9.59 Å². The minimum atomic E-state index is -0.167. The van der Waals surface area contributed by atoms with E-state index in [1.54, 1.807) is 24.3 Å². The highest BCUT2D eigenvalue weighted by Crippen LogP contribution is 2.30. The van der Waals surface area contributed by atoms with E-state index >= 15 is 0 Å².